The molecule has 170 valence electrons. The number of alkyl halides is 5. The SMILES string of the molecule is Cn1c(SCC(=O)Nc2cc(C(F)(F)F)ccc2Cl)nnc1-c1ccc(OC(F)F)cc1. The second-order valence-electron chi connectivity index (χ2n) is 6.30. The van der Waals surface area contributed by atoms with Gasteiger partial charge in [-0.3, -0.25) is 4.79 Å². The Bertz CT molecular complexity index is 1110. The standard InChI is InChI=1S/C19H14ClF5N4O2S/c1-29-16(10-2-5-12(6-3-10)31-17(21)22)27-28-18(29)32-9-15(30)26-14-8-11(19(23,24)25)4-7-13(14)20/h2-8,17H,9H2,1H3,(H,26,30). The maximum absolute atomic E-state index is 12.9. The van der Waals surface area contributed by atoms with Crippen molar-refractivity contribution in [2.24, 2.45) is 7.05 Å². The average molecular weight is 493 g/mol. The second kappa shape index (κ2) is 9.74. The van der Waals surface area contributed by atoms with Gasteiger partial charge in [-0.05, 0) is 42.5 Å². The van der Waals surface area contributed by atoms with Crippen LogP contribution in [0.2, 0.25) is 5.02 Å². The fourth-order valence-corrected chi connectivity index (χ4v) is 3.47. The minimum Gasteiger partial charge on any atom is -0.435 e. The van der Waals surface area contributed by atoms with Crippen molar-refractivity contribution in [2.45, 2.75) is 17.9 Å². The Kier molecular flexibility index (Phi) is 7.24. The van der Waals surface area contributed by atoms with Crippen molar-refractivity contribution in [1.82, 2.24) is 14.8 Å². The van der Waals surface area contributed by atoms with E-state index in [1.807, 2.05) is 0 Å². The number of halogens is 6. The Hall–Kier alpha value is -2.86. The molecule has 0 saturated carbocycles. The zero-order valence-electron chi connectivity index (χ0n) is 16.2. The van der Waals surface area contributed by atoms with E-state index < -0.39 is 24.3 Å². The fourth-order valence-electron chi connectivity index (χ4n) is 2.59. The molecule has 6 nitrogen and oxygen atoms in total. The Labute approximate surface area is 187 Å². The van der Waals surface area contributed by atoms with Gasteiger partial charge >= 0.3 is 12.8 Å². The van der Waals surface area contributed by atoms with Crippen molar-refractivity contribution in [3.8, 4) is 17.1 Å². The lowest BCUT2D eigenvalue weighted by Crippen LogP contribution is -2.16. The van der Waals surface area contributed by atoms with Crippen molar-refractivity contribution in [2.75, 3.05) is 11.1 Å². The number of ether oxygens (including phenoxy) is 1. The maximum Gasteiger partial charge on any atom is 0.416 e. The van der Waals surface area contributed by atoms with Crippen LogP contribution in [0.25, 0.3) is 11.4 Å². The number of anilines is 1. The number of hydrogen-bond acceptors (Lipinski definition) is 5. The van der Waals surface area contributed by atoms with Crippen LogP contribution in [-0.2, 0) is 18.0 Å². The predicted molar refractivity (Wildman–Crippen MR) is 109 cm³/mol. The third-order valence-electron chi connectivity index (χ3n) is 4.07. The molecular weight excluding hydrogens is 479 g/mol. The zero-order valence-corrected chi connectivity index (χ0v) is 17.7. The lowest BCUT2D eigenvalue weighted by molar-refractivity contribution is -0.137. The number of carbonyl (C=O) groups excluding carboxylic acids is 1. The first-order valence-corrected chi connectivity index (χ1v) is 10.1. The van der Waals surface area contributed by atoms with Crippen LogP contribution in [0.3, 0.4) is 0 Å². The lowest BCUT2D eigenvalue weighted by atomic mass is 10.2. The summed E-state index contributed by atoms with van der Waals surface area (Å²) in [7, 11) is 1.64. The molecule has 1 heterocycles. The molecule has 0 unspecified atom stereocenters. The van der Waals surface area contributed by atoms with Gasteiger partial charge in [0.15, 0.2) is 11.0 Å². The van der Waals surface area contributed by atoms with E-state index in [-0.39, 0.29) is 22.2 Å². The van der Waals surface area contributed by atoms with Crippen molar-refractivity contribution >= 4 is 35.0 Å². The van der Waals surface area contributed by atoms with Gasteiger partial charge in [0, 0.05) is 12.6 Å². The summed E-state index contributed by atoms with van der Waals surface area (Å²) in [5, 5.41) is 10.7. The topological polar surface area (TPSA) is 69.0 Å². The fraction of sp³-hybridized carbons (Fsp3) is 0.211. The van der Waals surface area contributed by atoms with Gasteiger partial charge in [-0.25, -0.2) is 0 Å². The van der Waals surface area contributed by atoms with E-state index in [9.17, 15) is 26.7 Å². The van der Waals surface area contributed by atoms with Crippen LogP contribution in [0.1, 0.15) is 5.56 Å². The van der Waals surface area contributed by atoms with Crippen LogP contribution in [-0.4, -0.2) is 33.0 Å². The highest BCUT2D eigenvalue weighted by atomic mass is 35.5. The smallest absolute Gasteiger partial charge is 0.416 e. The van der Waals surface area contributed by atoms with Crippen LogP contribution in [0.5, 0.6) is 5.75 Å². The van der Waals surface area contributed by atoms with E-state index in [0.717, 1.165) is 30.0 Å². The summed E-state index contributed by atoms with van der Waals surface area (Å²) >= 11 is 6.88. The highest BCUT2D eigenvalue weighted by molar-refractivity contribution is 7.99. The molecule has 2 aromatic carbocycles. The summed E-state index contributed by atoms with van der Waals surface area (Å²) < 4.78 is 68.9. The minimum absolute atomic E-state index is 0.00885. The Morgan fingerprint density at radius 3 is 2.50 bits per heavy atom. The molecule has 3 aromatic rings. The number of amides is 1. The van der Waals surface area contributed by atoms with Gasteiger partial charge in [-0.15, -0.1) is 10.2 Å². The molecule has 3 rings (SSSR count). The number of nitrogens with one attached hydrogen (secondary N) is 1. The predicted octanol–water partition coefficient (Wildman–Crippen LogP) is 5.49. The van der Waals surface area contributed by atoms with Crippen molar-refractivity contribution in [1.29, 1.82) is 0 Å². The molecule has 32 heavy (non-hydrogen) atoms. The molecule has 0 spiro atoms. The monoisotopic (exact) mass is 492 g/mol. The number of hydrogen-bond donors (Lipinski definition) is 1. The van der Waals surface area contributed by atoms with Crippen LogP contribution >= 0.6 is 23.4 Å². The van der Waals surface area contributed by atoms with Crippen LogP contribution in [0.4, 0.5) is 27.6 Å². The molecule has 0 radical (unpaired) electrons. The Morgan fingerprint density at radius 2 is 1.88 bits per heavy atom. The number of nitrogens with zero attached hydrogens (tertiary/aromatic N) is 3. The van der Waals surface area contributed by atoms with Crippen molar-refractivity contribution in [3.63, 3.8) is 0 Å². The number of thioether (sulfide) groups is 1. The molecule has 0 bridgehead atoms. The summed E-state index contributed by atoms with van der Waals surface area (Å²) in [6, 6.07) is 8.40. The largest absolute Gasteiger partial charge is 0.435 e. The first-order chi connectivity index (χ1) is 15.0. The average Bonchev–Trinajstić information content (AvgIpc) is 3.08. The van der Waals surface area contributed by atoms with Crippen LogP contribution in [0.15, 0.2) is 47.6 Å². The highest BCUT2D eigenvalue weighted by Crippen LogP contribution is 2.34. The molecule has 13 heteroatoms. The number of rotatable bonds is 7. The summed E-state index contributed by atoms with van der Waals surface area (Å²) in [6.07, 6.45) is -4.57. The molecular formula is C19H14ClF5N4O2S. The molecule has 0 saturated heterocycles. The van der Waals surface area contributed by atoms with E-state index in [4.69, 9.17) is 11.6 Å². The molecule has 0 fully saturated rings. The third kappa shape index (κ3) is 5.88. The quantitative estimate of drug-likeness (QED) is 0.349. The normalized spacial score (nSPS) is 11.6. The van der Waals surface area contributed by atoms with E-state index in [1.165, 1.54) is 24.3 Å². The van der Waals surface area contributed by atoms with Gasteiger partial charge in [-0.2, -0.15) is 22.0 Å². The molecule has 0 aliphatic heterocycles. The molecule has 1 aromatic heterocycles. The number of benzene rings is 2. The van der Waals surface area contributed by atoms with Gasteiger partial charge in [0.2, 0.25) is 5.91 Å². The van der Waals surface area contributed by atoms with Crippen LogP contribution < -0.4 is 10.1 Å². The van der Waals surface area contributed by atoms with E-state index in [0.29, 0.717) is 16.5 Å². The summed E-state index contributed by atoms with van der Waals surface area (Å²) in [5.41, 5.74) is -0.515. The molecule has 0 atom stereocenters. The van der Waals surface area contributed by atoms with Gasteiger partial charge in [0.25, 0.3) is 0 Å². The zero-order chi connectivity index (χ0) is 23.5. The number of aromatic nitrogens is 3. The third-order valence-corrected chi connectivity index (χ3v) is 5.42. The second-order valence-corrected chi connectivity index (χ2v) is 7.65. The summed E-state index contributed by atoms with van der Waals surface area (Å²) in [5.74, 6) is -0.350. The summed E-state index contributed by atoms with van der Waals surface area (Å²) in [4.78, 5) is 12.2. The molecule has 0 aliphatic rings. The van der Waals surface area contributed by atoms with Gasteiger partial charge in [-0.1, -0.05) is 23.4 Å². The van der Waals surface area contributed by atoms with Crippen molar-refractivity contribution < 1.29 is 31.5 Å². The van der Waals surface area contributed by atoms with Gasteiger partial charge in [0.05, 0.1) is 22.0 Å². The minimum atomic E-state index is -4.57. The van der Waals surface area contributed by atoms with Crippen molar-refractivity contribution in [3.05, 3.63) is 53.1 Å². The number of carbonyl (C=O) groups is 1. The van der Waals surface area contributed by atoms with Crippen LogP contribution in [0, 0.1) is 0 Å². The first kappa shape index (κ1) is 23.8. The molecule has 1 amide bonds. The van der Waals surface area contributed by atoms with Gasteiger partial charge < -0.3 is 14.6 Å². The first-order valence-electron chi connectivity index (χ1n) is 8.78. The maximum atomic E-state index is 12.9. The molecule has 1 N–H and O–H groups in total. The molecule has 0 aliphatic carbocycles. The Morgan fingerprint density at radius 1 is 1.19 bits per heavy atom. The van der Waals surface area contributed by atoms with E-state index in [2.05, 4.69) is 20.3 Å². The summed E-state index contributed by atoms with van der Waals surface area (Å²) in [6.45, 7) is -2.93. The Balaban J connectivity index is 1.65. The van der Waals surface area contributed by atoms with Gasteiger partial charge in [0.1, 0.15) is 5.75 Å². The lowest BCUT2D eigenvalue weighted by Gasteiger charge is -2.11. The van der Waals surface area contributed by atoms with E-state index >= 15 is 0 Å². The highest BCUT2D eigenvalue weighted by Gasteiger charge is 2.31. The van der Waals surface area contributed by atoms with E-state index in [1.54, 1.807) is 11.6 Å².